The van der Waals surface area contributed by atoms with Crippen LogP contribution in [-0.4, -0.2) is 8.80 Å². The van der Waals surface area contributed by atoms with Crippen molar-refractivity contribution in [2.75, 3.05) is 0 Å². The first-order chi connectivity index (χ1) is 13.3. The van der Waals surface area contributed by atoms with Crippen molar-refractivity contribution in [1.82, 2.24) is 0 Å². The summed E-state index contributed by atoms with van der Waals surface area (Å²) in [6.07, 6.45) is 28.6. The van der Waals surface area contributed by atoms with Gasteiger partial charge in [0, 0.05) is 0 Å². The quantitative estimate of drug-likeness (QED) is 0.134. The third-order valence-electron chi connectivity index (χ3n) is 6.21. The Labute approximate surface area is 175 Å². The molecule has 27 heavy (non-hydrogen) atoms. The van der Waals surface area contributed by atoms with Crippen molar-refractivity contribution in [3.05, 3.63) is 11.3 Å². The molecule has 0 radical (unpaired) electrons. The molecular formula is C26H54Si. The predicted molar refractivity (Wildman–Crippen MR) is 131 cm³/mol. The number of rotatable bonds is 21. The first-order valence-corrected chi connectivity index (χ1v) is 15.2. The number of allylic oxidation sites excluding steroid dienone is 2. The molecule has 0 aromatic rings. The fraction of sp³-hybridized carbons (Fsp3) is 0.923. The van der Waals surface area contributed by atoms with E-state index in [4.69, 9.17) is 0 Å². The Hall–Kier alpha value is -0.0431. The minimum Gasteiger partial charge on any atom is -0.0895 e. The van der Waals surface area contributed by atoms with Crippen LogP contribution < -0.4 is 0 Å². The van der Waals surface area contributed by atoms with Crippen LogP contribution in [0, 0.1) is 0 Å². The van der Waals surface area contributed by atoms with Gasteiger partial charge in [-0.2, -0.15) is 0 Å². The van der Waals surface area contributed by atoms with E-state index in [1.54, 1.807) is 12.1 Å². The average Bonchev–Trinajstić information content (AvgIpc) is 2.68. The second kappa shape index (κ2) is 22.2. The zero-order valence-electron chi connectivity index (χ0n) is 19.8. The Morgan fingerprint density at radius 2 is 0.926 bits per heavy atom. The molecule has 1 heteroatoms. The van der Waals surface area contributed by atoms with Gasteiger partial charge in [-0.1, -0.05) is 147 Å². The van der Waals surface area contributed by atoms with Crippen LogP contribution in [0.5, 0.6) is 0 Å². The SMILES string of the molecule is CCCCCCCCCCCCC=C(CC)[SiH](CCCCC)CCCCC. The van der Waals surface area contributed by atoms with Crippen LogP contribution in [0.15, 0.2) is 11.3 Å². The van der Waals surface area contributed by atoms with E-state index in [0.29, 0.717) is 0 Å². The van der Waals surface area contributed by atoms with Gasteiger partial charge in [0.2, 0.25) is 0 Å². The summed E-state index contributed by atoms with van der Waals surface area (Å²) in [4.78, 5) is 0. The maximum atomic E-state index is 2.71. The van der Waals surface area contributed by atoms with Gasteiger partial charge in [-0.3, -0.25) is 0 Å². The summed E-state index contributed by atoms with van der Waals surface area (Å²) in [6.45, 7) is 9.41. The molecule has 0 atom stereocenters. The number of hydrogen-bond acceptors (Lipinski definition) is 0. The highest BCUT2D eigenvalue weighted by Gasteiger charge is 2.14. The summed E-state index contributed by atoms with van der Waals surface area (Å²) < 4.78 is 0. The summed E-state index contributed by atoms with van der Waals surface area (Å²) in [5.74, 6) is 0. The highest BCUT2D eigenvalue weighted by atomic mass is 28.3. The zero-order valence-corrected chi connectivity index (χ0v) is 21.0. The van der Waals surface area contributed by atoms with Crippen molar-refractivity contribution in [2.24, 2.45) is 0 Å². The molecule has 162 valence electrons. The smallest absolute Gasteiger partial charge is 0.0652 e. The van der Waals surface area contributed by atoms with E-state index < -0.39 is 8.80 Å². The number of unbranched alkanes of at least 4 members (excludes halogenated alkanes) is 14. The fourth-order valence-corrected chi connectivity index (χ4v) is 7.99. The molecule has 0 unspecified atom stereocenters. The third-order valence-corrected chi connectivity index (χ3v) is 10.1. The third kappa shape index (κ3) is 17.8. The van der Waals surface area contributed by atoms with Crippen molar-refractivity contribution >= 4 is 8.80 Å². The van der Waals surface area contributed by atoms with Crippen LogP contribution >= 0.6 is 0 Å². The van der Waals surface area contributed by atoms with E-state index in [2.05, 4.69) is 33.8 Å². The molecule has 0 heterocycles. The van der Waals surface area contributed by atoms with E-state index in [9.17, 15) is 0 Å². The molecule has 0 fully saturated rings. The lowest BCUT2D eigenvalue weighted by Gasteiger charge is -2.18. The van der Waals surface area contributed by atoms with Gasteiger partial charge in [0.15, 0.2) is 0 Å². The average molecular weight is 395 g/mol. The maximum Gasteiger partial charge on any atom is 0.0652 e. The van der Waals surface area contributed by atoms with Gasteiger partial charge in [-0.05, 0) is 19.3 Å². The summed E-state index contributed by atoms with van der Waals surface area (Å²) in [5, 5.41) is 1.93. The van der Waals surface area contributed by atoms with Crippen molar-refractivity contribution in [1.29, 1.82) is 0 Å². The largest absolute Gasteiger partial charge is 0.0895 e. The van der Waals surface area contributed by atoms with Gasteiger partial charge in [-0.15, -0.1) is 0 Å². The molecule has 0 saturated carbocycles. The van der Waals surface area contributed by atoms with E-state index >= 15 is 0 Å². The summed E-state index contributed by atoms with van der Waals surface area (Å²) >= 11 is 0. The standard InChI is InChI=1S/C26H54Si/c1-5-9-12-13-14-15-16-17-18-19-20-23-26(8-4)27(24-21-10-6-2)25-22-11-7-3/h23,27H,5-22,24-25H2,1-4H3. The molecule has 0 aromatic carbocycles. The van der Waals surface area contributed by atoms with Crippen molar-refractivity contribution in [3.63, 3.8) is 0 Å². The van der Waals surface area contributed by atoms with Crippen molar-refractivity contribution in [3.8, 4) is 0 Å². The Bertz CT molecular complexity index is 297. The van der Waals surface area contributed by atoms with Crippen LogP contribution in [0.25, 0.3) is 0 Å². The topological polar surface area (TPSA) is 0 Å². The Morgan fingerprint density at radius 3 is 1.37 bits per heavy atom. The van der Waals surface area contributed by atoms with Crippen LogP contribution in [-0.2, 0) is 0 Å². The normalized spacial score (nSPS) is 12.3. The molecule has 0 rings (SSSR count). The Balaban J connectivity index is 3.98. The molecule has 0 spiro atoms. The summed E-state index contributed by atoms with van der Waals surface area (Å²) in [6, 6.07) is 3.16. The Kier molecular flexibility index (Phi) is 22.2. The maximum absolute atomic E-state index is 2.71. The molecule has 0 saturated heterocycles. The molecule has 0 aliphatic rings. The van der Waals surface area contributed by atoms with Crippen molar-refractivity contribution < 1.29 is 0 Å². The van der Waals surface area contributed by atoms with Gasteiger partial charge in [0.05, 0.1) is 8.80 Å². The van der Waals surface area contributed by atoms with Crippen LogP contribution in [0.2, 0.25) is 12.1 Å². The minimum absolute atomic E-state index is 0.635. The second-order valence-electron chi connectivity index (χ2n) is 8.79. The molecule has 0 aliphatic heterocycles. The molecule has 0 aromatic heterocycles. The van der Waals surface area contributed by atoms with Crippen LogP contribution in [0.4, 0.5) is 0 Å². The molecule has 0 aliphatic carbocycles. The number of hydrogen-bond donors (Lipinski definition) is 0. The second-order valence-corrected chi connectivity index (χ2v) is 12.1. The first-order valence-electron chi connectivity index (χ1n) is 13.0. The molecule has 0 nitrogen and oxygen atoms in total. The zero-order chi connectivity index (χ0) is 20.0. The van der Waals surface area contributed by atoms with Crippen molar-refractivity contribution in [2.45, 2.75) is 155 Å². The summed E-state index contributed by atoms with van der Waals surface area (Å²) in [7, 11) is -0.635. The van der Waals surface area contributed by atoms with Gasteiger partial charge in [0.1, 0.15) is 0 Å². The Morgan fingerprint density at radius 1 is 0.519 bits per heavy atom. The monoisotopic (exact) mass is 394 g/mol. The van der Waals surface area contributed by atoms with Gasteiger partial charge in [0.25, 0.3) is 0 Å². The highest BCUT2D eigenvalue weighted by molar-refractivity contribution is 6.66. The highest BCUT2D eigenvalue weighted by Crippen LogP contribution is 2.22. The van der Waals surface area contributed by atoms with E-state index in [1.165, 1.54) is 116 Å². The minimum atomic E-state index is -0.635. The first kappa shape index (κ1) is 27.0. The van der Waals surface area contributed by atoms with E-state index in [-0.39, 0.29) is 0 Å². The van der Waals surface area contributed by atoms with Crippen LogP contribution in [0.3, 0.4) is 0 Å². The molecule has 0 N–H and O–H groups in total. The fourth-order valence-electron chi connectivity index (χ4n) is 4.32. The molecule has 0 bridgehead atoms. The molecular weight excluding hydrogens is 340 g/mol. The van der Waals surface area contributed by atoms with E-state index in [0.717, 1.165) is 0 Å². The predicted octanol–water partition coefficient (Wildman–Crippen LogP) is 9.78. The van der Waals surface area contributed by atoms with Gasteiger partial charge < -0.3 is 0 Å². The molecule has 0 amide bonds. The lowest BCUT2D eigenvalue weighted by Crippen LogP contribution is -2.16. The van der Waals surface area contributed by atoms with Gasteiger partial charge in [-0.25, -0.2) is 0 Å². The summed E-state index contributed by atoms with van der Waals surface area (Å²) in [5.41, 5.74) is 0. The van der Waals surface area contributed by atoms with E-state index in [1.807, 2.05) is 5.20 Å². The van der Waals surface area contributed by atoms with Gasteiger partial charge >= 0.3 is 0 Å². The van der Waals surface area contributed by atoms with Crippen LogP contribution in [0.1, 0.15) is 143 Å². The lowest BCUT2D eigenvalue weighted by atomic mass is 10.1. The lowest BCUT2D eigenvalue weighted by molar-refractivity contribution is 0.557.